The Morgan fingerprint density at radius 3 is 2.65 bits per heavy atom. The summed E-state index contributed by atoms with van der Waals surface area (Å²) in [5, 5.41) is 4.02. The number of aryl methyl sites for hydroxylation is 2. The van der Waals surface area contributed by atoms with Crippen molar-refractivity contribution >= 4 is 23.5 Å². The van der Waals surface area contributed by atoms with Crippen LogP contribution in [0.3, 0.4) is 0 Å². The topological polar surface area (TPSA) is 54.6 Å². The largest absolute Gasteiger partial charge is 0.466 e. The molecule has 0 atom stereocenters. The zero-order chi connectivity index (χ0) is 16.2. The molecule has 0 radical (unpaired) electrons. The van der Waals surface area contributed by atoms with E-state index in [1.54, 1.807) is 30.5 Å². The Labute approximate surface area is 138 Å². The van der Waals surface area contributed by atoms with Crippen LogP contribution in [0.5, 0.6) is 0 Å². The van der Waals surface area contributed by atoms with Gasteiger partial charge in [0.2, 0.25) is 0 Å². The summed E-state index contributed by atoms with van der Waals surface area (Å²) in [6.07, 6.45) is 1.65. The van der Waals surface area contributed by atoms with Gasteiger partial charge in [-0.3, -0.25) is 4.79 Å². The SMILES string of the molecule is Cc1cc(C(=O)N/N=C\c2ccc(-c3ccccc3)s2)c(C)o1. The Morgan fingerprint density at radius 1 is 1.17 bits per heavy atom. The summed E-state index contributed by atoms with van der Waals surface area (Å²) in [7, 11) is 0. The third-order valence-electron chi connectivity index (χ3n) is 3.33. The van der Waals surface area contributed by atoms with Gasteiger partial charge in [0.25, 0.3) is 5.91 Å². The van der Waals surface area contributed by atoms with E-state index in [0.29, 0.717) is 17.1 Å². The number of hydrazone groups is 1. The smallest absolute Gasteiger partial charge is 0.274 e. The second kappa shape index (κ2) is 6.62. The fraction of sp³-hybridized carbons (Fsp3) is 0.111. The predicted molar refractivity (Wildman–Crippen MR) is 93.0 cm³/mol. The van der Waals surface area contributed by atoms with E-state index in [0.717, 1.165) is 4.88 Å². The second-order valence-corrected chi connectivity index (χ2v) is 6.21. The van der Waals surface area contributed by atoms with Crippen LogP contribution in [0.1, 0.15) is 26.8 Å². The molecule has 0 aliphatic heterocycles. The Hall–Kier alpha value is -2.66. The van der Waals surface area contributed by atoms with Gasteiger partial charge in [-0.05, 0) is 37.6 Å². The highest BCUT2D eigenvalue weighted by Crippen LogP contribution is 2.26. The normalized spacial score (nSPS) is 11.0. The van der Waals surface area contributed by atoms with E-state index in [-0.39, 0.29) is 5.91 Å². The number of rotatable bonds is 4. The van der Waals surface area contributed by atoms with Crippen molar-refractivity contribution in [3.63, 3.8) is 0 Å². The third-order valence-corrected chi connectivity index (χ3v) is 4.40. The van der Waals surface area contributed by atoms with Crippen molar-refractivity contribution in [3.8, 4) is 10.4 Å². The van der Waals surface area contributed by atoms with Crippen LogP contribution in [0.25, 0.3) is 10.4 Å². The molecule has 1 N–H and O–H groups in total. The number of amides is 1. The Morgan fingerprint density at radius 2 is 1.96 bits per heavy atom. The van der Waals surface area contributed by atoms with Gasteiger partial charge in [0.1, 0.15) is 11.5 Å². The van der Waals surface area contributed by atoms with Crippen LogP contribution >= 0.6 is 11.3 Å². The lowest BCUT2D eigenvalue weighted by Gasteiger charge is -1.96. The van der Waals surface area contributed by atoms with Gasteiger partial charge in [0, 0.05) is 9.75 Å². The van der Waals surface area contributed by atoms with Crippen LogP contribution < -0.4 is 5.43 Å². The number of benzene rings is 1. The van der Waals surface area contributed by atoms with Crippen LogP contribution in [0.4, 0.5) is 0 Å². The first kappa shape index (κ1) is 15.2. The molecule has 0 spiro atoms. The minimum absolute atomic E-state index is 0.268. The molecule has 1 amide bonds. The molecule has 1 aromatic carbocycles. The van der Waals surface area contributed by atoms with Crippen molar-refractivity contribution in [2.75, 3.05) is 0 Å². The van der Waals surface area contributed by atoms with Crippen molar-refractivity contribution in [1.29, 1.82) is 0 Å². The number of hydrogen-bond acceptors (Lipinski definition) is 4. The van der Waals surface area contributed by atoms with E-state index >= 15 is 0 Å². The van der Waals surface area contributed by atoms with Crippen molar-refractivity contribution in [2.45, 2.75) is 13.8 Å². The number of nitrogens with zero attached hydrogens (tertiary/aromatic N) is 1. The molecule has 23 heavy (non-hydrogen) atoms. The summed E-state index contributed by atoms with van der Waals surface area (Å²) in [4.78, 5) is 14.2. The first-order chi connectivity index (χ1) is 11.1. The molecule has 0 bridgehead atoms. The van der Waals surface area contributed by atoms with E-state index in [4.69, 9.17) is 4.42 Å². The molecule has 0 aliphatic rings. The zero-order valence-corrected chi connectivity index (χ0v) is 13.7. The first-order valence-electron chi connectivity index (χ1n) is 7.19. The lowest BCUT2D eigenvalue weighted by atomic mass is 10.2. The fourth-order valence-corrected chi connectivity index (χ4v) is 3.14. The van der Waals surface area contributed by atoms with Gasteiger partial charge in [0.15, 0.2) is 0 Å². The zero-order valence-electron chi connectivity index (χ0n) is 12.9. The molecule has 0 aliphatic carbocycles. The summed E-state index contributed by atoms with van der Waals surface area (Å²) < 4.78 is 5.34. The monoisotopic (exact) mass is 324 g/mol. The number of furan rings is 1. The number of thiophene rings is 1. The predicted octanol–water partition coefficient (Wildman–Crippen LogP) is 4.39. The van der Waals surface area contributed by atoms with Gasteiger partial charge in [-0.1, -0.05) is 30.3 Å². The fourth-order valence-electron chi connectivity index (χ4n) is 2.25. The van der Waals surface area contributed by atoms with Gasteiger partial charge in [-0.2, -0.15) is 5.10 Å². The standard InChI is InChI=1S/C18H16N2O2S/c1-12-10-16(13(2)22-12)18(21)20-19-11-15-8-9-17(23-15)14-6-4-3-5-7-14/h3-11H,1-2H3,(H,20,21)/b19-11-. The van der Waals surface area contributed by atoms with Crippen molar-refractivity contribution in [2.24, 2.45) is 5.10 Å². The highest BCUT2D eigenvalue weighted by atomic mass is 32.1. The molecule has 3 aromatic rings. The minimum atomic E-state index is -0.268. The van der Waals surface area contributed by atoms with Gasteiger partial charge in [-0.25, -0.2) is 5.43 Å². The van der Waals surface area contributed by atoms with E-state index < -0.39 is 0 Å². The quantitative estimate of drug-likeness (QED) is 0.571. The summed E-state index contributed by atoms with van der Waals surface area (Å²) in [6.45, 7) is 3.57. The summed E-state index contributed by atoms with van der Waals surface area (Å²) in [5.74, 6) is 1.04. The molecule has 0 saturated heterocycles. The highest BCUT2D eigenvalue weighted by molar-refractivity contribution is 7.17. The highest BCUT2D eigenvalue weighted by Gasteiger charge is 2.12. The molecular formula is C18H16N2O2S. The number of hydrogen-bond donors (Lipinski definition) is 1. The number of carbonyl (C=O) groups excluding carboxylic acids is 1. The lowest BCUT2D eigenvalue weighted by molar-refractivity contribution is 0.0953. The molecule has 0 saturated carbocycles. The van der Waals surface area contributed by atoms with E-state index in [9.17, 15) is 4.79 Å². The van der Waals surface area contributed by atoms with Crippen molar-refractivity contribution in [3.05, 3.63) is 70.5 Å². The Kier molecular flexibility index (Phi) is 4.39. The van der Waals surface area contributed by atoms with Crippen LogP contribution in [0.2, 0.25) is 0 Å². The van der Waals surface area contributed by atoms with Gasteiger partial charge >= 0.3 is 0 Å². The molecule has 2 heterocycles. The molecule has 5 heteroatoms. The van der Waals surface area contributed by atoms with Crippen LogP contribution in [0.15, 0.2) is 58.0 Å². The summed E-state index contributed by atoms with van der Waals surface area (Å²) in [5.41, 5.74) is 4.21. The molecule has 116 valence electrons. The van der Waals surface area contributed by atoms with Crippen LogP contribution in [-0.4, -0.2) is 12.1 Å². The van der Waals surface area contributed by atoms with Gasteiger partial charge in [-0.15, -0.1) is 11.3 Å². The van der Waals surface area contributed by atoms with E-state index in [1.807, 2.05) is 37.3 Å². The minimum Gasteiger partial charge on any atom is -0.466 e. The van der Waals surface area contributed by atoms with Crippen LogP contribution in [0, 0.1) is 13.8 Å². The second-order valence-electron chi connectivity index (χ2n) is 5.09. The summed E-state index contributed by atoms with van der Waals surface area (Å²) in [6, 6.07) is 15.9. The average Bonchev–Trinajstić information content (AvgIpc) is 3.14. The maximum Gasteiger partial charge on any atom is 0.274 e. The van der Waals surface area contributed by atoms with E-state index in [2.05, 4.69) is 22.7 Å². The van der Waals surface area contributed by atoms with Gasteiger partial charge < -0.3 is 4.42 Å². The number of nitrogens with one attached hydrogen (secondary N) is 1. The lowest BCUT2D eigenvalue weighted by Crippen LogP contribution is -2.17. The molecule has 3 rings (SSSR count). The Balaban J connectivity index is 1.66. The molecule has 0 unspecified atom stereocenters. The maximum absolute atomic E-state index is 12.0. The van der Waals surface area contributed by atoms with Crippen LogP contribution in [-0.2, 0) is 0 Å². The van der Waals surface area contributed by atoms with Gasteiger partial charge in [0.05, 0.1) is 11.8 Å². The molecular weight excluding hydrogens is 308 g/mol. The van der Waals surface area contributed by atoms with Crippen molar-refractivity contribution in [1.82, 2.24) is 5.43 Å². The van der Waals surface area contributed by atoms with E-state index in [1.165, 1.54) is 10.4 Å². The number of carbonyl (C=O) groups is 1. The average molecular weight is 324 g/mol. The maximum atomic E-state index is 12.0. The Bertz CT molecular complexity index is 847. The molecule has 4 nitrogen and oxygen atoms in total. The van der Waals surface area contributed by atoms with Crippen molar-refractivity contribution < 1.29 is 9.21 Å². The summed E-state index contributed by atoms with van der Waals surface area (Å²) >= 11 is 1.62. The molecule has 2 aromatic heterocycles. The molecule has 0 fully saturated rings. The first-order valence-corrected chi connectivity index (χ1v) is 8.01. The third kappa shape index (κ3) is 3.57.